The summed E-state index contributed by atoms with van der Waals surface area (Å²) in [6, 6.07) is 9.43. The molecule has 1 fully saturated rings. The van der Waals surface area contributed by atoms with Gasteiger partial charge in [0.2, 0.25) is 0 Å². The fraction of sp³-hybridized carbons (Fsp3) is 0.667. The van der Waals surface area contributed by atoms with Crippen LogP contribution in [0.3, 0.4) is 0 Å². The molecule has 2 heteroatoms. The largest absolute Gasteiger partial charge is 0.497 e. The van der Waals surface area contributed by atoms with Crippen LogP contribution in [0, 0.1) is 11.3 Å². The predicted molar refractivity (Wildman–Crippen MR) is 85.1 cm³/mol. The van der Waals surface area contributed by atoms with Gasteiger partial charge >= 0.3 is 0 Å². The zero-order valence-electron chi connectivity index (χ0n) is 13.6. The lowest BCUT2D eigenvalue weighted by Gasteiger charge is -2.40. The molecule has 1 aromatic rings. The quantitative estimate of drug-likeness (QED) is 0.869. The van der Waals surface area contributed by atoms with Crippen LogP contribution >= 0.6 is 0 Å². The lowest BCUT2D eigenvalue weighted by Crippen LogP contribution is -2.41. The van der Waals surface area contributed by atoms with Crippen molar-refractivity contribution in [3.05, 3.63) is 29.8 Å². The van der Waals surface area contributed by atoms with Crippen molar-refractivity contribution in [3.8, 4) is 5.75 Å². The molecule has 3 atom stereocenters. The van der Waals surface area contributed by atoms with Crippen molar-refractivity contribution >= 4 is 0 Å². The van der Waals surface area contributed by atoms with Gasteiger partial charge in [-0.1, -0.05) is 32.9 Å². The van der Waals surface area contributed by atoms with Crippen LogP contribution in [-0.4, -0.2) is 13.2 Å². The molecule has 2 rings (SSSR count). The number of nitrogens with one attached hydrogen (secondary N) is 1. The van der Waals surface area contributed by atoms with E-state index in [-0.39, 0.29) is 0 Å². The summed E-state index contributed by atoms with van der Waals surface area (Å²) in [5.74, 6) is 1.74. The van der Waals surface area contributed by atoms with Gasteiger partial charge in [0.1, 0.15) is 5.75 Å². The minimum absolute atomic E-state index is 0.395. The maximum atomic E-state index is 5.22. The topological polar surface area (TPSA) is 21.3 Å². The average molecular weight is 275 g/mol. The van der Waals surface area contributed by atoms with Gasteiger partial charge in [0.25, 0.3) is 0 Å². The van der Waals surface area contributed by atoms with Gasteiger partial charge in [0.05, 0.1) is 7.11 Å². The van der Waals surface area contributed by atoms with Crippen molar-refractivity contribution < 1.29 is 4.74 Å². The summed E-state index contributed by atoms with van der Waals surface area (Å²) >= 11 is 0. The maximum absolute atomic E-state index is 5.22. The van der Waals surface area contributed by atoms with Gasteiger partial charge in [0, 0.05) is 12.1 Å². The number of hydrogen-bond donors (Lipinski definition) is 1. The zero-order valence-corrected chi connectivity index (χ0v) is 13.6. The molecule has 1 aliphatic rings. The normalized spacial score (nSPS) is 27.1. The van der Waals surface area contributed by atoms with Gasteiger partial charge in [0.15, 0.2) is 0 Å². The highest BCUT2D eigenvalue weighted by Gasteiger charge is 2.32. The third-order valence-electron chi connectivity index (χ3n) is 4.49. The molecule has 0 aromatic heterocycles. The Hall–Kier alpha value is -1.02. The first-order valence-corrected chi connectivity index (χ1v) is 7.79. The van der Waals surface area contributed by atoms with Crippen molar-refractivity contribution in [2.45, 2.75) is 59.0 Å². The van der Waals surface area contributed by atoms with E-state index in [4.69, 9.17) is 4.74 Å². The van der Waals surface area contributed by atoms with Crippen LogP contribution in [0.5, 0.6) is 5.75 Å². The first kappa shape index (κ1) is 15.4. The van der Waals surface area contributed by atoms with Crippen molar-refractivity contribution in [1.29, 1.82) is 0 Å². The molecule has 1 aliphatic carbocycles. The van der Waals surface area contributed by atoms with Gasteiger partial charge in [-0.3, -0.25) is 0 Å². The first-order chi connectivity index (χ1) is 9.39. The second-order valence-electron chi connectivity index (χ2n) is 7.27. The van der Waals surface area contributed by atoms with E-state index in [1.54, 1.807) is 7.11 Å². The number of rotatable bonds is 4. The summed E-state index contributed by atoms with van der Waals surface area (Å²) in [7, 11) is 1.71. The first-order valence-electron chi connectivity index (χ1n) is 7.79. The molecule has 0 bridgehead atoms. The van der Waals surface area contributed by atoms with Gasteiger partial charge in [-0.15, -0.1) is 0 Å². The van der Waals surface area contributed by atoms with Crippen molar-refractivity contribution in [1.82, 2.24) is 5.32 Å². The molecule has 0 spiro atoms. The van der Waals surface area contributed by atoms with Crippen LogP contribution in [-0.2, 0) is 0 Å². The minimum atomic E-state index is 0.395. The maximum Gasteiger partial charge on any atom is 0.118 e. The van der Waals surface area contributed by atoms with Crippen LogP contribution in [0.2, 0.25) is 0 Å². The molecule has 0 aliphatic heterocycles. The average Bonchev–Trinajstić information content (AvgIpc) is 2.36. The predicted octanol–water partition coefficient (Wildman–Crippen LogP) is 4.56. The summed E-state index contributed by atoms with van der Waals surface area (Å²) in [4.78, 5) is 0. The molecule has 2 unspecified atom stereocenters. The van der Waals surface area contributed by atoms with E-state index >= 15 is 0 Å². The number of methoxy groups -OCH3 is 1. The van der Waals surface area contributed by atoms with Gasteiger partial charge < -0.3 is 10.1 Å². The van der Waals surface area contributed by atoms with Crippen LogP contribution in [0.15, 0.2) is 24.3 Å². The van der Waals surface area contributed by atoms with E-state index < -0.39 is 0 Å². The fourth-order valence-corrected chi connectivity index (χ4v) is 3.82. The van der Waals surface area contributed by atoms with Crippen molar-refractivity contribution in [3.63, 3.8) is 0 Å². The van der Waals surface area contributed by atoms with E-state index in [1.165, 1.54) is 24.8 Å². The van der Waals surface area contributed by atoms with Crippen LogP contribution in [0.1, 0.15) is 58.6 Å². The Kier molecular flexibility index (Phi) is 4.74. The molecule has 1 N–H and O–H groups in total. The summed E-state index contributed by atoms with van der Waals surface area (Å²) in [6.07, 6.45) is 3.92. The van der Waals surface area contributed by atoms with Gasteiger partial charge in [-0.05, 0) is 55.2 Å². The summed E-state index contributed by atoms with van der Waals surface area (Å²) < 4.78 is 5.22. The Morgan fingerprint density at radius 1 is 1.20 bits per heavy atom. The molecule has 1 aromatic carbocycles. The Bertz CT molecular complexity index is 424. The minimum Gasteiger partial charge on any atom is -0.497 e. The van der Waals surface area contributed by atoms with Gasteiger partial charge in [-0.25, -0.2) is 0 Å². The lowest BCUT2D eigenvalue weighted by molar-refractivity contribution is 0.145. The second kappa shape index (κ2) is 6.17. The summed E-state index contributed by atoms with van der Waals surface area (Å²) in [5, 5.41) is 3.82. The molecule has 0 saturated heterocycles. The molecule has 20 heavy (non-hydrogen) atoms. The van der Waals surface area contributed by atoms with E-state index in [9.17, 15) is 0 Å². The highest BCUT2D eigenvalue weighted by molar-refractivity contribution is 5.28. The van der Waals surface area contributed by atoms with Gasteiger partial charge in [-0.2, -0.15) is 0 Å². The van der Waals surface area contributed by atoms with E-state index in [2.05, 4.69) is 45.1 Å². The number of ether oxygens (including phenoxy) is 1. The van der Waals surface area contributed by atoms with E-state index in [0.29, 0.717) is 17.5 Å². The molecule has 1 saturated carbocycles. The lowest BCUT2D eigenvalue weighted by atomic mass is 9.70. The standard InChI is InChI=1S/C18H29NO/c1-13-10-16(12-18(3,4)11-13)19-14(2)15-6-8-17(20-5)9-7-15/h6-9,13-14,16,19H,10-12H2,1-5H3/t13?,14-,16?/m0/s1. The highest BCUT2D eigenvalue weighted by atomic mass is 16.5. The molecular formula is C18H29NO. The van der Waals surface area contributed by atoms with Crippen molar-refractivity contribution in [2.75, 3.05) is 7.11 Å². The monoisotopic (exact) mass is 275 g/mol. The molecular weight excluding hydrogens is 246 g/mol. The Balaban J connectivity index is 1.97. The zero-order chi connectivity index (χ0) is 14.8. The van der Waals surface area contributed by atoms with Crippen LogP contribution in [0.25, 0.3) is 0 Å². The molecule has 2 nitrogen and oxygen atoms in total. The number of hydrogen-bond acceptors (Lipinski definition) is 2. The van der Waals surface area contributed by atoms with Crippen LogP contribution in [0.4, 0.5) is 0 Å². The van der Waals surface area contributed by atoms with E-state index in [0.717, 1.165) is 11.7 Å². The molecule has 0 amide bonds. The summed E-state index contributed by atoms with van der Waals surface area (Å²) in [5.41, 5.74) is 1.80. The Morgan fingerprint density at radius 2 is 1.85 bits per heavy atom. The summed E-state index contributed by atoms with van der Waals surface area (Å²) in [6.45, 7) is 9.44. The third-order valence-corrected chi connectivity index (χ3v) is 4.49. The fourth-order valence-electron chi connectivity index (χ4n) is 3.82. The van der Waals surface area contributed by atoms with Crippen molar-refractivity contribution in [2.24, 2.45) is 11.3 Å². The molecule has 0 heterocycles. The SMILES string of the molecule is COc1ccc([C@H](C)NC2CC(C)CC(C)(C)C2)cc1. The Labute approximate surface area is 123 Å². The number of benzene rings is 1. The Morgan fingerprint density at radius 3 is 2.40 bits per heavy atom. The third kappa shape index (κ3) is 3.99. The molecule has 112 valence electrons. The second-order valence-corrected chi connectivity index (χ2v) is 7.27. The smallest absolute Gasteiger partial charge is 0.118 e. The van der Waals surface area contributed by atoms with E-state index in [1.807, 2.05) is 12.1 Å². The highest BCUT2D eigenvalue weighted by Crippen LogP contribution is 2.39. The van der Waals surface area contributed by atoms with Crippen LogP contribution < -0.4 is 10.1 Å². The molecule has 0 radical (unpaired) electrons.